The molecule has 0 saturated heterocycles. The van der Waals surface area contributed by atoms with Gasteiger partial charge in [0.15, 0.2) is 4.77 Å². The van der Waals surface area contributed by atoms with Crippen molar-refractivity contribution in [3.05, 3.63) is 45.5 Å². The molecule has 4 aromatic heterocycles. The topological polar surface area (TPSA) is 115 Å². The van der Waals surface area contributed by atoms with Gasteiger partial charge in [-0.15, -0.1) is 0 Å². The van der Waals surface area contributed by atoms with Crippen molar-refractivity contribution >= 4 is 29.2 Å². The van der Waals surface area contributed by atoms with Gasteiger partial charge in [0.2, 0.25) is 0 Å². The van der Waals surface area contributed by atoms with Crippen molar-refractivity contribution in [2.45, 2.75) is 40.7 Å². The summed E-state index contributed by atoms with van der Waals surface area (Å²) < 4.78 is 13.4. The number of aryl methyl sites for hydroxylation is 3. The van der Waals surface area contributed by atoms with Gasteiger partial charge in [-0.1, -0.05) is 5.16 Å². The molecule has 2 N–H and O–H groups in total. The lowest BCUT2D eigenvalue weighted by atomic mass is 10.1. The number of nitrogens with one attached hydrogen (secondary N) is 2. The lowest BCUT2D eigenvalue weighted by Gasteiger charge is -2.08. The number of hydrogen-bond donors (Lipinski definition) is 2. The van der Waals surface area contributed by atoms with Crippen LogP contribution in [0.2, 0.25) is 0 Å². The number of H-pyrrole nitrogens is 1. The summed E-state index contributed by atoms with van der Waals surface area (Å²) in [5, 5.41) is 14.6. The maximum Gasteiger partial charge on any atom is 0.259 e. The van der Waals surface area contributed by atoms with Crippen LogP contribution in [0.1, 0.15) is 40.3 Å². The molecule has 0 unspecified atom stereocenters. The number of fused-ring (bicyclic) bond motifs is 1. The van der Waals surface area contributed by atoms with Crippen molar-refractivity contribution in [2.24, 2.45) is 0 Å². The van der Waals surface area contributed by atoms with Crippen LogP contribution in [-0.4, -0.2) is 37.4 Å². The van der Waals surface area contributed by atoms with E-state index in [1.54, 1.807) is 13.0 Å². The van der Waals surface area contributed by atoms with E-state index in [1.165, 1.54) is 0 Å². The van der Waals surface area contributed by atoms with Crippen LogP contribution in [0.15, 0.2) is 21.1 Å². The van der Waals surface area contributed by atoms with Gasteiger partial charge >= 0.3 is 0 Å². The van der Waals surface area contributed by atoms with E-state index in [-0.39, 0.29) is 5.91 Å². The number of amides is 1. The Morgan fingerprint density at radius 1 is 1.30 bits per heavy atom. The first-order chi connectivity index (χ1) is 14.4. The van der Waals surface area contributed by atoms with Gasteiger partial charge in [0.05, 0.1) is 22.3 Å². The Morgan fingerprint density at radius 2 is 2.10 bits per heavy atom. The van der Waals surface area contributed by atoms with E-state index in [4.69, 9.17) is 21.2 Å². The van der Waals surface area contributed by atoms with Gasteiger partial charge in [-0.25, -0.2) is 4.98 Å². The van der Waals surface area contributed by atoms with Gasteiger partial charge in [-0.2, -0.15) is 5.10 Å². The van der Waals surface area contributed by atoms with Crippen LogP contribution in [0, 0.1) is 25.5 Å². The first-order valence-corrected chi connectivity index (χ1v) is 10.1. The summed E-state index contributed by atoms with van der Waals surface area (Å²) in [6.07, 6.45) is 0.552. The molecule has 0 spiro atoms. The Kier molecular flexibility index (Phi) is 5.25. The first-order valence-electron chi connectivity index (χ1n) is 9.65. The molecule has 10 heteroatoms. The molecule has 156 valence electrons. The van der Waals surface area contributed by atoms with Crippen LogP contribution in [0.3, 0.4) is 0 Å². The quantitative estimate of drug-likeness (QED) is 0.452. The highest BCUT2D eigenvalue weighted by atomic mass is 32.1. The van der Waals surface area contributed by atoms with Gasteiger partial charge in [0.1, 0.15) is 17.3 Å². The van der Waals surface area contributed by atoms with Crippen LogP contribution >= 0.6 is 12.2 Å². The zero-order valence-electron chi connectivity index (χ0n) is 17.2. The summed E-state index contributed by atoms with van der Waals surface area (Å²) in [5.74, 6) is 2.07. The minimum atomic E-state index is -0.231. The van der Waals surface area contributed by atoms with Gasteiger partial charge < -0.3 is 18.8 Å². The van der Waals surface area contributed by atoms with Gasteiger partial charge in [-0.3, -0.25) is 9.89 Å². The molecule has 0 aliphatic heterocycles. The predicted molar refractivity (Wildman–Crippen MR) is 113 cm³/mol. The third kappa shape index (κ3) is 3.54. The normalized spacial score (nSPS) is 11.3. The maximum absolute atomic E-state index is 13.0. The van der Waals surface area contributed by atoms with Crippen molar-refractivity contribution in [1.82, 2.24) is 30.2 Å². The SMILES string of the molecule is CCn1c(CCNC(=O)c2cc(-c3cc(C)oc3C)nc3onc(C)c23)n[nH]c1=S. The molecule has 4 aromatic rings. The molecule has 0 saturated carbocycles. The van der Waals surface area contributed by atoms with Crippen LogP contribution in [0.5, 0.6) is 0 Å². The number of pyridine rings is 1. The average molecular weight is 427 g/mol. The van der Waals surface area contributed by atoms with E-state index in [9.17, 15) is 4.79 Å². The number of aromatic nitrogens is 5. The molecule has 9 nitrogen and oxygen atoms in total. The number of hydrogen-bond acceptors (Lipinski definition) is 7. The van der Waals surface area contributed by atoms with Crippen molar-refractivity contribution in [3.63, 3.8) is 0 Å². The second-order valence-electron chi connectivity index (χ2n) is 7.03. The Hall–Kier alpha value is -3.27. The lowest BCUT2D eigenvalue weighted by molar-refractivity contribution is 0.0955. The first kappa shape index (κ1) is 20.0. The third-order valence-corrected chi connectivity index (χ3v) is 5.28. The maximum atomic E-state index is 13.0. The largest absolute Gasteiger partial charge is 0.466 e. The molecule has 0 atom stereocenters. The summed E-state index contributed by atoms with van der Waals surface area (Å²) in [6.45, 7) is 8.64. The molecule has 0 bridgehead atoms. The van der Waals surface area contributed by atoms with E-state index in [0.29, 0.717) is 45.8 Å². The van der Waals surface area contributed by atoms with Gasteiger partial charge in [-0.05, 0) is 52.0 Å². The smallest absolute Gasteiger partial charge is 0.259 e. The molecule has 1 amide bonds. The van der Waals surface area contributed by atoms with Gasteiger partial charge in [0, 0.05) is 25.1 Å². The molecule has 30 heavy (non-hydrogen) atoms. The van der Waals surface area contributed by atoms with Crippen molar-refractivity contribution < 1.29 is 13.7 Å². The van der Waals surface area contributed by atoms with Gasteiger partial charge in [0.25, 0.3) is 11.6 Å². The number of furan rings is 1. The molecular formula is C20H22N6O3S. The Labute approximate surface area is 177 Å². The summed E-state index contributed by atoms with van der Waals surface area (Å²) in [5.41, 5.74) is 2.81. The zero-order chi connectivity index (χ0) is 21.4. The molecule has 4 rings (SSSR count). The Morgan fingerprint density at radius 3 is 2.80 bits per heavy atom. The third-order valence-electron chi connectivity index (χ3n) is 4.97. The molecule has 0 aliphatic rings. The fourth-order valence-corrected chi connectivity index (χ4v) is 3.83. The van der Waals surface area contributed by atoms with E-state index < -0.39 is 0 Å². The summed E-state index contributed by atoms with van der Waals surface area (Å²) >= 11 is 5.21. The zero-order valence-corrected chi connectivity index (χ0v) is 18.0. The van der Waals surface area contributed by atoms with Crippen LogP contribution in [-0.2, 0) is 13.0 Å². The number of nitrogens with zero attached hydrogens (tertiary/aromatic N) is 4. The van der Waals surface area contributed by atoms with Crippen LogP contribution < -0.4 is 5.32 Å². The average Bonchev–Trinajstić information content (AvgIpc) is 3.37. The monoisotopic (exact) mass is 426 g/mol. The molecular weight excluding hydrogens is 404 g/mol. The van der Waals surface area contributed by atoms with E-state index in [1.807, 2.05) is 31.4 Å². The highest BCUT2D eigenvalue weighted by Gasteiger charge is 2.21. The second kappa shape index (κ2) is 7.86. The Balaban J connectivity index is 1.63. The van der Waals surface area contributed by atoms with Crippen molar-refractivity contribution in [1.29, 1.82) is 0 Å². The summed E-state index contributed by atoms with van der Waals surface area (Å²) in [4.78, 5) is 17.6. The van der Waals surface area contributed by atoms with E-state index in [2.05, 4.69) is 25.7 Å². The molecule has 0 fully saturated rings. The number of carbonyl (C=O) groups is 1. The van der Waals surface area contributed by atoms with Crippen molar-refractivity contribution in [2.75, 3.05) is 6.54 Å². The Bertz CT molecular complexity index is 1300. The molecule has 0 aliphatic carbocycles. The highest BCUT2D eigenvalue weighted by Crippen LogP contribution is 2.30. The highest BCUT2D eigenvalue weighted by molar-refractivity contribution is 7.71. The minimum Gasteiger partial charge on any atom is -0.466 e. The standard InChI is InChI=1S/C20H22N6O3S/c1-5-26-16(23-24-20(26)30)6-7-21-18(27)14-9-15(13-8-10(2)28-12(13)4)22-19-17(14)11(3)25-29-19/h8-9H,5-7H2,1-4H3,(H,21,27)(H,24,30). The fourth-order valence-electron chi connectivity index (χ4n) is 3.55. The fraction of sp³-hybridized carbons (Fsp3) is 0.350. The van der Waals surface area contributed by atoms with Crippen LogP contribution in [0.4, 0.5) is 0 Å². The molecule has 4 heterocycles. The lowest BCUT2D eigenvalue weighted by Crippen LogP contribution is -2.27. The predicted octanol–water partition coefficient (Wildman–Crippen LogP) is 3.65. The minimum absolute atomic E-state index is 0.231. The van der Waals surface area contributed by atoms with E-state index in [0.717, 1.165) is 29.5 Å². The van der Waals surface area contributed by atoms with E-state index >= 15 is 0 Å². The summed E-state index contributed by atoms with van der Waals surface area (Å²) in [6, 6.07) is 3.64. The molecule has 0 radical (unpaired) electrons. The number of carbonyl (C=O) groups excluding carboxylic acids is 1. The number of rotatable bonds is 6. The number of aromatic amines is 1. The molecule has 0 aromatic carbocycles. The van der Waals surface area contributed by atoms with Crippen molar-refractivity contribution in [3.8, 4) is 11.3 Å². The second-order valence-corrected chi connectivity index (χ2v) is 7.41. The summed E-state index contributed by atoms with van der Waals surface area (Å²) in [7, 11) is 0. The van der Waals surface area contributed by atoms with Crippen LogP contribution in [0.25, 0.3) is 22.4 Å².